The second-order valence-electron chi connectivity index (χ2n) is 4.72. The van der Waals surface area contributed by atoms with Gasteiger partial charge in [-0.15, -0.1) is 0 Å². The van der Waals surface area contributed by atoms with Gasteiger partial charge in [-0.05, 0) is 27.7 Å². The van der Waals surface area contributed by atoms with Crippen molar-refractivity contribution < 1.29 is 4.74 Å². The molecule has 0 aliphatic heterocycles. The molecule has 1 aromatic heterocycles. The highest BCUT2D eigenvalue weighted by molar-refractivity contribution is 4.83. The van der Waals surface area contributed by atoms with Crippen LogP contribution in [0.4, 0.5) is 0 Å². The number of nitrogens with one attached hydrogen (secondary N) is 1. The first-order chi connectivity index (χ1) is 7.51. The number of nitrogens with zero attached hydrogens (tertiary/aromatic N) is 3. The summed E-state index contributed by atoms with van der Waals surface area (Å²) in [7, 11) is 0. The van der Waals surface area contributed by atoms with E-state index in [-0.39, 0.29) is 5.54 Å². The Balaban J connectivity index is 2.33. The SMILES string of the molecule is CCOCCn1cnc(CNC(C)(C)C)n1. The molecule has 1 aromatic rings. The van der Waals surface area contributed by atoms with Crippen molar-refractivity contribution in [2.24, 2.45) is 0 Å². The maximum atomic E-state index is 5.26. The van der Waals surface area contributed by atoms with Crippen LogP contribution in [0.3, 0.4) is 0 Å². The van der Waals surface area contributed by atoms with E-state index in [9.17, 15) is 0 Å². The molecule has 92 valence electrons. The Morgan fingerprint density at radius 3 is 2.81 bits per heavy atom. The topological polar surface area (TPSA) is 52.0 Å². The number of rotatable bonds is 6. The highest BCUT2D eigenvalue weighted by Crippen LogP contribution is 2.00. The zero-order valence-corrected chi connectivity index (χ0v) is 10.7. The lowest BCUT2D eigenvalue weighted by Crippen LogP contribution is -2.35. The fourth-order valence-electron chi connectivity index (χ4n) is 1.17. The van der Waals surface area contributed by atoms with Crippen LogP contribution < -0.4 is 5.32 Å². The van der Waals surface area contributed by atoms with Crippen molar-refractivity contribution in [3.05, 3.63) is 12.2 Å². The molecule has 0 bridgehead atoms. The summed E-state index contributed by atoms with van der Waals surface area (Å²) in [5.74, 6) is 0.825. The van der Waals surface area contributed by atoms with Gasteiger partial charge in [0.1, 0.15) is 6.33 Å². The molecule has 0 aliphatic rings. The van der Waals surface area contributed by atoms with Gasteiger partial charge >= 0.3 is 0 Å². The summed E-state index contributed by atoms with van der Waals surface area (Å²) >= 11 is 0. The maximum absolute atomic E-state index is 5.26. The van der Waals surface area contributed by atoms with Crippen LogP contribution in [-0.4, -0.2) is 33.5 Å². The molecule has 0 atom stereocenters. The van der Waals surface area contributed by atoms with Crippen LogP contribution in [0.5, 0.6) is 0 Å². The number of aromatic nitrogens is 3. The van der Waals surface area contributed by atoms with E-state index in [4.69, 9.17) is 4.74 Å². The van der Waals surface area contributed by atoms with E-state index in [1.807, 2.05) is 11.6 Å². The van der Waals surface area contributed by atoms with Crippen molar-refractivity contribution in [2.45, 2.75) is 46.3 Å². The van der Waals surface area contributed by atoms with Crippen molar-refractivity contribution in [2.75, 3.05) is 13.2 Å². The van der Waals surface area contributed by atoms with E-state index < -0.39 is 0 Å². The average Bonchev–Trinajstić information content (AvgIpc) is 2.62. The van der Waals surface area contributed by atoms with Crippen LogP contribution in [0.25, 0.3) is 0 Å². The second-order valence-corrected chi connectivity index (χ2v) is 4.72. The zero-order chi connectivity index (χ0) is 12.0. The quantitative estimate of drug-likeness (QED) is 0.741. The van der Waals surface area contributed by atoms with Gasteiger partial charge in [0.25, 0.3) is 0 Å². The van der Waals surface area contributed by atoms with Gasteiger partial charge in [-0.2, -0.15) is 5.10 Å². The fraction of sp³-hybridized carbons (Fsp3) is 0.818. The molecule has 0 unspecified atom stereocenters. The predicted octanol–water partition coefficient (Wildman–Crippen LogP) is 1.20. The molecule has 16 heavy (non-hydrogen) atoms. The van der Waals surface area contributed by atoms with Gasteiger partial charge in [-0.25, -0.2) is 4.98 Å². The van der Waals surface area contributed by atoms with Gasteiger partial charge in [0.2, 0.25) is 0 Å². The predicted molar refractivity (Wildman–Crippen MR) is 63.1 cm³/mol. The second kappa shape index (κ2) is 5.96. The Hall–Kier alpha value is -0.940. The largest absolute Gasteiger partial charge is 0.380 e. The van der Waals surface area contributed by atoms with E-state index >= 15 is 0 Å². The lowest BCUT2D eigenvalue weighted by atomic mass is 10.1. The molecule has 0 aliphatic carbocycles. The van der Waals surface area contributed by atoms with Crippen molar-refractivity contribution in [3.8, 4) is 0 Å². The first-order valence-corrected chi connectivity index (χ1v) is 5.72. The summed E-state index contributed by atoms with van der Waals surface area (Å²) in [4.78, 5) is 4.23. The van der Waals surface area contributed by atoms with E-state index in [1.165, 1.54) is 0 Å². The maximum Gasteiger partial charge on any atom is 0.164 e. The van der Waals surface area contributed by atoms with Gasteiger partial charge in [-0.1, -0.05) is 0 Å². The first kappa shape index (κ1) is 13.1. The summed E-state index contributed by atoms with van der Waals surface area (Å²) in [5, 5.41) is 7.70. The van der Waals surface area contributed by atoms with Crippen molar-refractivity contribution in [1.82, 2.24) is 20.1 Å². The van der Waals surface area contributed by atoms with E-state index in [0.29, 0.717) is 13.2 Å². The van der Waals surface area contributed by atoms with Crippen LogP contribution in [0.2, 0.25) is 0 Å². The fourth-order valence-corrected chi connectivity index (χ4v) is 1.17. The van der Waals surface area contributed by atoms with E-state index in [1.54, 1.807) is 6.33 Å². The summed E-state index contributed by atoms with van der Waals surface area (Å²) < 4.78 is 7.07. The van der Waals surface area contributed by atoms with E-state index in [2.05, 4.69) is 36.2 Å². The summed E-state index contributed by atoms with van der Waals surface area (Å²) in [5.41, 5.74) is 0.0940. The van der Waals surface area contributed by atoms with Gasteiger partial charge in [-0.3, -0.25) is 4.68 Å². The highest BCUT2D eigenvalue weighted by atomic mass is 16.5. The van der Waals surface area contributed by atoms with Crippen LogP contribution in [0.1, 0.15) is 33.5 Å². The minimum absolute atomic E-state index is 0.0940. The minimum Gasteiger partial charge on any atom is -0.380 e. The molecule has 1 heterocycles. The monoisotopic (exact) mass is 226 g/mol. The molecule has 0 radical (unpaired) electrons. The lowest BCUT2D eigenvalue weighted by Gasteiger charge is -2.19. The Morgan fingerprint density at radius 2 is 2.19 bits per heavy atom. The molecule has 0 saturated heterocycles. The van der Waals surface area contributed by atoms with Crippen molar-refractivity contribution in [1.29, 1.82) is 0 Å². The summed E-state index contributed by atoms with van der Waals surface area (Å²) in [6, 6.07) is 0. The van der Waals surface area contributed by atoms with Crippen molar-refractivity contribution >= 4 is 0 Å². The molecule has 5 nitrogen and oxygen atoms in total. The normalized spacial score (nSPS) is 12.0. The molecule has 0 fully saturated rings. The average molecular weight is 226 g/mol. The van der Waals surface area contributed by atoms with Gasteiger partial charge in [0.05, 0.1) is 19.7 Å². The third kappa shape index (κ3) is 5.23. The Morgan fingerprint density at radius 1 is 1.44 bits per heavy atom. The molecule has 0 aromatic carbocycles. The van der Waals surface area contributed by atoms with E-state index in [0.717, 1.165) is 19.0 Å². The van der Waals surface area contributed by atoms with Crippen LogP contribution in [-0.2, 0) is 17.8 Å². The summed E-state index contributed by atoms with van der Waals surface area (Å²) in [6.07, 6.45) is 1.75. The smallest absolute Gasteiger partial charge is 0.164 e. The standard InChI is InChI=1S/C11H22N4O/c1-5-16-7-6-15-9-12-10(14-15)8-13-11(2,3)4/h9,13H,5-8H2,1-4H3. The molecule has 0 amide bonds. The Labute approximate surface area is 97.2 Å². The Kier molecular flexibility index (Phi) is 4.89. The van der Waals surface area contributed by atoms with Gasteiger partial charge in [0, 0.05) is 12.1 Å². The molecular weight excluding hydrogens is 204 g/mol. The third-order valence-electron chi connectivity index (χ3n) is 2.03. The number of ether oxygens (including phenoxy) is 1. The van der Waals surface area contributed by atoms with Gasteiger partial charge < -0.3 is 10.1 Å². The molecule has 5 heteroatoms. The lowest BCUT2D eigenvalue weighted by molar-refractivity contribution is 0.136. The Bertz CT molecular complexity index is 303. The van der Waals surface area contributed by atoms with Crippen LogP contribution in [0, 0.1) is 0 Å². The highest BCUT2D eigenvalue weighted by Gasteiger charge is 2.10. The number of hydrogen-bond acceptors (Lipinski definition) is 4. The summed E-state index contributed by atoms with van der Waals surface area (Å²) in [6.45, 7) is 11.2. The zero-order valence-electron chi connectivity index (χ0n) is 10.7. The van der Waals surface area contributed by atoms with Crippen LogP contribution >= 0.6 is 0 Å². The first-order valence-electron chi connectivity index (χ1n) is 5.72. The van der Waals surface area contributed by atoms with Gasteiger partial charge in [0.15, 0.2) is 5.82 Å². The molecule has 0 spiro atoms. The number of hydrogen-bond donors (Lipinski definition) is 1. The molecule has 0 saturated carbocycles. The molecular formula is C11H22N4O. The van der Waals surface area contributed by atoms with Crippen LogP contribution in [0.15, 0.2) is 6.33 Å². The third-order valence-corrected chi connectivity index (χ3v) is 2.03. The van der Waals surface area contributed by atoms with Crippen molar-refractivity contribution in [3.63, 3.8) is 0 Å². The molecule has 1 rings (SSSR count). The minimum atomic E-state index is 0.0940. The molecule has 1 N–H and O–H groups in total.